The molecule has 1 aromatic heterocycles. The Morgan fingerprint density at radius 1 is 1.21 bits per heavy atom. The molecule has 2 heterocycles. The summed E-state index contributed by atoms with van der Waals surface area (Å²) in [7, 11) is 1.35. The van der Waals surface area contributed by atoms with Crippen molar-refractivity contribution < 1.29 is 14.3 Å². The van der Waals surface area contributed by atoms with Crippen molar-refractivity contribution in [3.8, 4) is 0 Å². The number of ether oxygens (including phenoxy) is 2. The smallest absolute Gasteiger partial charge is 0.356 e. The van der Waals surface area contributed by atoms with Crippen LogP contribution in [0.2, 0.25) is 0 Å². The summed E-state index contributed by atoms with van der Waals surface area (Å²) >= 11 is 0. The van der Waals surface area contributed by atoms with Crippen LogP contribution in [-0.4, -0.2) is 42.2 Å². The lowest BCUT2D eigenvalue weighted by Gasteiger charge is -2.32. The van der Waals surface area contributed by atoms with Gasteiger partial charge in [-0.3, -0.25) is 0 Å². The van der Waals surface area contributed by atoms with Crippen LogP contribution in [0.15, 0.2) is 42.7 Å². The van der Waals surface area contributed by atoms with E-state index in [1.54, 1.807) is 6.07 Å². The molecule has 126 valence electrons. The number of benzene rings is 1. The molecule has 1 saturated heterocycles. The molecule has 0 bridgehead atoms. The molecule has 2 aromatic rings. The highest BCUT2D eigenvalue weighted by molar-refractivity contribution is 5.87. The second kappa shape index (κ2) is 7.88. The van der Waals surface area contributed by atoms with Crippen molar-refractivity contribution in [3.63, 3.8) is 0 Å². The van der Waals surface area contributed by atoms with Gasteiger partial charge in [-0.15, -0.1) is 0 Å². The second-order valence-electron chi connectivity index (χ2n) is 5.74. The number of aromatic nitrogens is 2. The SMILES string of the molecule is COC(=O)c1cc(N2CCC(OCc3ccccc3)CC2)ncn1. The number of esters is 1. The number of rotatable bonds is 5. The molecule has 6 heteroatoms. The van der Waals surface area contributed by atoms with Gasteiger partial charge in [-0.2, -0.15) is 0 Å². The van der Waals surface area contributed by atoms with E-state index in [0.29, 0.717) is 6.61 Å². The third kappa shape index (κ3) is 4.08. The Hall–Kier alpha value is -2.47. The van der Waals surface area contributed by atoms with Gasteiger partial charge in [-0.25, -0.2) is 14.8 Å². The molecule has 1 aliphatic rings. The molecular weight excluding hydrogens is 306 g/mol. The number of nitrogens with zero attached hydrogens (tertiary/aromatic N) is 3. The van der Waals surface area contributed by atoms with Crippen LogP contribution >= 0.6 is 0 Å². The molecule has 0 aliphatic carbocycles. The molecule has 0 atom stereocenters. The molecule has 0 amide bonds. The Labute approximate surface area is 141 Å². The van der Waals surface area contributed by atoms with Crippen molar-refractivity contribution >= 4 is 11.8 Å². The molecule has 1 aliphatic heterocycles. The number of anilines is 1. The zero-order valence-corrected chi connectivity index (χ0v) is 13.7. The van der Waals surface area contributed by atoms with Gasteiger partial charge in [0.15, 0.2) is 5.69 Å². The zero-order valence-electron chi connectivity index (χ0n) is 13.7. The average molecular weight is 327 g/mol. The molecule has 0 unspecified atom stereocenters. The van der Waals surface area contributed by atoms with Gasteiger partial charge >= 0.3 is 5.97 Å². The van der Waals surface area contributed by atoms with Gasteiger partial charge in [0.05, 0.1) is 19.8 Å². The van der Waals surface area contributed by atoms with Crippen molar-refractivity contribution in [3.05, 3.63) is 54.0 Å². The Balaban J connectivity index is 1.52. The first-order valence-electron chi connectivity index (χ1n) is 8.07. The summed E-state index contributed by atoms with van der Waals surface area (Å²) < 4.78 is 10.7. The van der Waals surface area contributed by atoms with E-state index < -0.39 is 5.97 Å². The van der Waals surface area contributed by atoms with E-state index in [9.17, 15) is 4.79 Å². The van der Waals surface area contributed by atoms with Crippen molar-refractivity contribution in [2.75, 3.05) is 25.1 Å². The van der Waals surface area contributed by atoms with Crippen molar-refractivity contribution in [1.29, 1.82) is 0 Å². The number of methoxy groups -OCH3 is 1. The van der Waals surface area contributed by atoms with Gasteiger partial charge < -0.3 is 14.4 Å². The number of carbonyl (C=O) groups excluding carboxylic acids is 1. The van der Waals surface area contributed by atoms with E-state index in [1.165, 1.54) is 19.0 Å². The van der Waals surface area contributed by atoms with Crippen molar-refractivity contribution in [2.45, 2.75) is 25.6 Å². The maximum Gasteiger partial charge on any atom is 0.356 e. The van der Waals surface area contributed by atoms with E-state index in [2.05, 4.69) is 27.0 Å². The normalized spacial score (nSPS) is 15.3. The van der Waals surface area contributed by atoms with E-state index in [0.717, 1.165) is 31.7 Å². The van der Waals surface area contributed by atoms with Crippen LogP contribution in [-0.2, 0) is 16.1 Å². The first-order valence-corrected chi connectivity index (χ1v) is 8.07. The van der Waals surface area contributed by atoms with Crippen LogP contribution in [0.3, 0.4) is 0 Å². The fourth-order valence-corrected chi connectivity index (χ4v) is 2.78. The number of hydrogen-bond acceptors (Lipinski definition) is 6. The molecule has 24 heavy (non-hydrogen) atoms. The average Bonchev–Trinajstić information content (AvgIpc) is 2.67. The summed E-state index contributed by atoms with van der Waals surface area (Å²) in [5.41, 5.74) is 1.48. The minimum Gasteiger partial charge on any atom is -0.464 e. The third-order valence-corrected chi connectivity index (χ3v) is 4.14. The summed E-state index contributed by atoms with van der Waals surface area (Å²) in [6.45, 7) is 2.33. The lowest BCUT2D eigenvalue weighted by atomic mass is 10.1. The number of carbonyl (C=O) groups is 1. The van der Waals surface area contributed by atoms with Crippen LogP contribution in [0.4, 0.5) is 5.82 Å². The highest BCUT2D eigenvalue weighted by Crippen LogP contribution is 2.20. The minimum absolute atomic E-state index is 0.253. The number of piperidine rings is 1. The van der Waals surface area contributed by atoms with Gasteiger partial charge in [0.1, 0.15) is 12.1 Å². The maximum atomic E-state index is 11.6. The Morgan fingerprint density at radius 2 is 1.96 bits per heavy atom. The lowest BCUT2D eigenvalue weighted by molar-refractivity contribution is 0.0250. The topological polar surface area (TPSA) is 64.5 Å². The lowest BCUT2D eigenvalue weighted by Crippen LogP contribution is -2.37. The molecule has 0 saturated carbocycles. The monoisotopic (exact) mass is 327 g/mol. The summed E-state index contributed by atoms with van der Waals surface area (Å²) in [6, 6.07) is 11.9. The highest BCUT2D eigenvalue weighted by atomic mass is 16.5. The maximum absolute atomic E-state index is 11.6. The Bertz CT molecular complexity index is 670. The van der Waals surface area contributed by atoms with Crippen LogP contribution in [0.25, 0.3) is 0 Å². The highest BCUT2D eigenvalue weighted by Gasteiger charge is 2.21. The van der Waals surface area contributed by atoms with Gasteiger partial charge in [-0.1, -0.05) is 30.3 Å². The van der Waals surface area contributed by atoms with Crippen molar-refractivity contribution in [1.82, 2.24) is 9.97 Å². The standard InChI is InChI=1S/C18H21N3O3/c1-23-18(22)16-11-17(20-13-19-16)21-9-7-15(8-10-21)24-12-14-5-3-2-4-6-14/h2-6,11,13,15H,7-10,12H2,1H3. The summed E-state index contributed by atoms with van der Waals surface area (Å²) in [4.78, 5) is 21.9. The molecule has 3 rings (SSSR count). The fraction of sp³-hybridized carbons (Fsp3) is 0.389. The summed E-state index contributed by atoms with van der Waals surface area (Å²) in [5.74, 6) is 0.312. The van der Waals surface area contributed by atoms with Crippen LogP contribution in [0.1, 0.15) is 28.9 Å². The van der Waals surface area contributed by atoms with Gasteiger partial charge in [0.25, 0.3) is 0 Å². The quantitative estimate of drug-likeness (QED) is 0.786. The Morgan fingerprint density at radius 3 is 2.67 bits per heavy atom. The van der Waals surface area contributed by atoms with E-state index >= 15 is 0 Å². The zero-order chi connectivity index (χ0) is 16.8. The molecule has 0 N–H and O–H groups in total. The van der Waals surface area contributed by atoms with E-state index in [4.69, 9.17) is 9.47 Å². The van der Waals surface area contributed by atoms with Crippen LogP contribution in [0, 0.1) is 0 Å². The minimum atomic E-state index is -0.445. The van der Waals surface area contributed by atoms with E-state index in [1.807, 2.05) is 18.2 Å². The summed E-state index contributed by atoms with van der Waals surface area (Å²) in [6.07, 6.45) is 3.53. The predicted molar refractivity (Wildman–Crippen MR) is 89.8 cm³/mol. The van der Waals surface area contributed by atoms with Gasteiger partial charge in [0, 0.05) is 19.2 Å². The van der Waals surface area contributed by atoms with E-state index in [-0.39, 0.29) is 11.8 Å². The first-order chi connectivity index (χ1) is 11.8. The van der Waals surface area contributed by atoms with Crippen LogP contribution in [0.5, 0.6) is 0 Å². The molecule has 0 radical (unpaired) electrons. The molecule has 0 spiro atoms. The second-order valence-corrected chi connectivity index (χ2v) is 5.74. The summed E-state index contributed by atoms with van der Waals surface area (Å²) in [5, 5.41) is 0. The van der Waals surface area contributed by atoms with Gasteiger partial charge in [0.2, 0.25) is 0 Å². The first kappa shape index (κ1) is 16.4. The third-order valence-electron chi connectivity index (χ3n) is 4.14. The molecule has 1 fully saturated rings. The number of hydrogen-bond donors (Lipinski definition) is 0. The fourth-order valence-electron chi connectivity index (χ4n) is 2.78. The largest absolute Gasteiger partial charge is 0.464 e. The molecular formula is C18H21N3O3. The Kier molecular flexibility index (Phi) is 5.38. The van der Waals surface area contributed by atoms with Crippen LogP contribution < -0.4 is 4.90 Å². The predicted octanol–water partition coefficient (Wildman–Crippen LogP) is 2.45. The molecule has 6 nitrogen and oxygen atoms in total. The van der Waals surface area contributed by atoms with Crippen molar-refractivity contribution in [2.24, 2.45) is 0 Å². The van der Waals surface area contributed by atoms with Gasteiger partial charge in [-0.05, 0) is 18.4 Å². The molecule has 1 aromatic carbocycles.